The summed E-state index contributed by atoms with van der Waals surface area (Å²) in [6.07, 6.45) is 0.887. The third-order valence-electron chi connectivity index (χ3n) is 2.13. The first-order chi connectivity index (χ1) is 5.83. The van der Waals surface area contributed by atoms with E-state index in [9.17, 15) is 4.79 Å². The highest BCUT2D eigenvalue weighted by Crippen LogP contribution is 2.28. The van der Waals surface area contributed by atoms with Gasteiger partial charge in [0.25, 0.3) is 0 Å². The summed E-state index contributed by atoms with van der Waals surface area (Å²) in [6.45, 7) is 2.26. The van der Waals surface area contributed by atoms with E-state index in [-0.39, 0.29) is 12.4 Å². The van der Waals surface area contributed by atoms with E-state index in [0.29, 0.717) is 0 Å². The number of ether oxygens (including phenoxy) is 1. The summed E-state index contributed by atoms with van der Waals surface area (Å²) in [6, 6.07) is 5.75. The molecule has 0 bridgehead atoms. The summed E-state index contributed by atoms with van der Waals surface area (Å²) in [5.41, 5.74) is 1.88. The first-order valence-corrected chi connectivity index (χ1v) is 4.11. The van der Waals surface area contributed by atoms with Crippen LogP contribution in [0.1, 0.15) is 22.8 Å². The molecule has 2 nitrogen and oxygen atoms in total. The molecule has 0 amide bonds. The molecule has 1 heterocycles. The van der Waals surface area contributed by atoms with E-state index < -0.39 is 0 Å². The van der Waals surface area contributed by atoms with Gasteiger partial charge in [-0.3, -0.25) is 4.79 Å². The average Bonchev–Trinajstić information content (AvgIpc) is 2.48. The molecule has 0 aromatic heterocycles. The quantitative estimate of drug-likeness (QED) is 0.629. The van der Waals surface area contributed by atoms with Gasteiger partial charge < -0.3 is 4.74 Å². The summed E-state index contributed by atoms with van der Waals surface area (Å²) in [4.78, 5) is 11.3. The van der Waals surface area contributed by atoms with Gasteiger partial charge in [-0.15, -0.1) is 0 Å². The highest BCUT2D eigenvalue weighted by Gasteiger charge is 2.22. The van der Waals surface area contributed by atoms with Gasteiger partial charge in [-0.05, 0) is 18.1 Å². The Labute approximate surface area is 71.2 Å². The fraction of sp³-hybridized carbons (Fsp3) is 0.300. The monoisotopic (exact) mass is 162 g/mol. The summed E-state index contributed by atoms with van der Waals surface area (Å²) in [7, 11) is 0. The Balaban J connectivity index is 2.60. The van der Waals surface area contributed by atoms with Gasteiger partial charge in [-0.2, -0.15) is 0 Å². The molecular weight excluding hydrogens is 152 g/mol. The van der Waals surface area contributed by atoms with Crippen molar-refractivity contribution in [1.29, 1.82) is 0 Å². The lowest BCUT2D eigenvalue weighted by Crippen LogP contribution is -2.01. The number of rotatable bonds is 1. The van der Waals surface area contributed by atoms with Crippen LogP contribution in [0.4, 0.5) is 0 Å². The fourth-order valence-electron chi connectivity index (χ4n) is 1.52. The zero-order valence-electron chi connectivity index (χ0n) is 6.96. The molecule has 1 aromatic carbocycles. The number of hydrogen-bond acceptors (Lipinski definition) is 2. The second-order valence-electron chi connectivity index (χ2n) is 2.86. The van der Waals surface area contributed by atoms with Gasteiger partial charge >= 0.3 is 0 Å². The van der Waals surface area contributed by atoms with Gasteiger partial charge in [0.1, 0.15) is 5.75 Å². The van der Waals surface area contributed by atoms with Crippen molar-refractivity contribution >= 4 is 5.78 Å². The van der Waals surface area contributed by atoms with Gasteiger partial charge in [-0.1, -0.05) is 19.1 Å². The maximum absolute atomic E-state index is 11.3. The van der Waals surface area contributed by atoms with Crippen LogP contribution in [0.5, 0.6) is 5.75 Å². The molecular formula is C10H10O2. The molecule has 0 aliphatic carbocycles. The molecule has 2 rings (SSSR count). The molecule has 1 aromatic rings. The predicted molar refractivity (Wildman–Crippen MR) is 45.6 cm³/mol. The molecule has 0 atom stereocenters. The van der Waals surface area contributed by atoms with Crippen molar-refractivity contribution in [2.75, 3.05) is 6.61 Å². The average molecular weight is 162 g/mol. The summed E-state index contributed by atoms with van der Waals surface area (Å²) < 4.78 is 5.20. The van der Waals surface area contributed by atoms with Gasteiger partial charge in [-0.25, -0.2) is 0 Å². The molecule has 1 aliphatic rings. The highest BCUT2D eigenvalue weighted by molar-refractivity contribution is 6.03. The summed E-state index contributed by atoms with van der Waals surface area (Å²) >= 11 is 0. The number of hydrogen-bond donors (Lipinski definition) is 0. The summed E-state index contributed by atoms with van der Waals surface area (Å²) in [5.74, 6) is 0.863. The minimum Gasteiger partial charge on any atom is -0.485 e. The number of carbonyl (C=O) groups is 1. The van der Waals surface area contributed by atoms with Crippen molar-refractivity contribution in [2.24, 2.45) is 0 Å². The molecule has 0 N–H and O–H groups in total. The third-order valence-corrected chi connectivity index (χ3v) is 2.13. The van der Waals surface area contributed by atoms with Crippen molar-refractivity contribution < 1.29 is 9.53 Å². The number of carbonyl (C=O) groups excluding carboxylic acids is 1. The van der Waals surface area contributed by atoms with Crippen LogP contribution in [-0.2, 0) is 6.42 Å². The minimum absolute atomic E-state index is 0.113. The van der Waals surface area contributed by atoms with Crippen LogP contribution >= 0.6 is 0 Å². The SMILES string of the molecule is CCc1cccc2c1C(=O)CO2. The second-order valence-corrected chi connectivity index (χ2v) is 2.86. The van der Waals surface area contributed by atoms with E-state index in [1.807, 2.05) is 25.1 Å². The van der Waals surface area contributed by atoms with Gasteiger partial charge in [0.2, 0.25) is 5.78 Å². The van der Waals surface area contributed by atoms with Crippen LogP contribution in [0.25, 0.3) is 0 Å². The van der Waals surface area contributed by atoms with Crippen molar-refractivity contribution in [3.8, 4) is 5.75 Å². The normalized spacial score (nSPS) is 14.2. The van der Waals surface area contributed by atoms with Crippen LogP contribution in [0.15, 0.2) is 18.2 Å². The lowest BCUT2D eigenvalue weighted by atomic mass is 10.0. The second kappa shape index (κ2) is 2.63. The van der Waals surface area contributed by atoms with Crippen LogP contribution in [0.3, 0.4) is 0 Å². The number of Topliss-reactive ketones (excluding diaryl/α,β-unsaturated/α-hetero) is 1. The molecule has 0 fully saturated rings. The van der Waals surface area contributed by atoms with E-state index in [2.05, 4.69) is 0 Å². The third kappa shape index (κ3) is 0.916. The van der Waals surface area contributed by atoms with E-state index >= 15 is 0 Å². The van der Waals surface area contributed by atoms with Crippen molar-refractivity contribution in [3.63, 3.8) is 0 Å². The lowest BCUT2D eigenvalue weighted by Gasteiger charge is -2.01. The molecule has 0 unspecified atom stereocenters. The highest BCUT2D eigenvalue weighted by atomic mass is 16.5. The Morgan fingerprint density at radius 1 is 1.50 bits per heavy atom. The zero-order valence-corrected chi connectivity index (χ0v) is 6.96. The zero-order chi connectivity index (χ0) is 8.55. The van der Waals surface area contributed by atoms with E-state index in [4.69, 9.17) is 4.74 Å². The van der Waals surface area contributed by atoms with Crippen LogP contribution in [0, 0.1) is 0 Å². The van der Waals surface area contributed by atoms with Crippen LogP contribution in [0.2, 0.25) is 0 Å². The molecule has 0 saturated carbocycles. The van der Waals surface area contributed by atoms with Crippen molar-refractivity contribution in [1.82, 2.24) is 0 Å². The number of aryl methyl sites for hydroxylation is 1. The molecule has 12 heavy (non-hydrogen) atoms. The van der Waals surface area contributed by atoms with E-state index in [1.54, 1.807) is 0 Å². The Morgan fingerprint density at radius 3 is 3.08 bits per heavy atom. The topological polar surface area (TPSA) is 26.3 Å². The van der Waals surface area contributed by atoms with Crippen LogP contribution < -0.4 is 4.74 Å². The fourth-order valence-corrected chi connectivity index (χ4v) is 1.52. The van der Waals surface area contributed by atoms with Gasteiger partial charge in [0.05, 0.1) is 5.56 Å². The van der Waals surface area contributed by atoms with Gasteiger partial charge in [0, 0.05) is 0 Å². The minimum atomic E-state index is 0.113. The Morgan fingerprint density at radius 2 is 2.33 bits per heavy atom. The molecule has 2 heteroatoms. The Bertz CT molecular complexity index is 329. The number of fused-ring (bicyclic) bond motifs is 1. The predicted octanol–water partition coefficient (Wildman–Crippen LogP) is 1.82. The van der Waals surface area contributed by atoms with Crippen molar-refractivity contribution in [3.05, 3.63) is 29.3 Å². The maximum atomic E-state index is 11.3. The van der Waals surface area contributed by atoms with Crippen molar-refractivity contribution in [2.45, 2.75) is 13.3 Å². The molecule has 1 aliphatic heterocycles. The standard InChI is InChI=1S/C10H10O2/c1-2-7-4-3-5-9-10(7)8(11)6-12-9/h3-5H,2,6H2,1H3. The summed E-state index contributed by atoms with van der Waals surface area (Å²) in [5, 5.41) is 0. The smallest absolute Gasteiger partial charge is 0.204 e. The first kappa shape index (κ1) is 7.35. The molecule has 0 spiro atoms. The van der Waals surface area contributed by atoms with E-state index in [1.165, 1.54) is 0 Å². The number of benzene rings is 1. The van der Waals surface area contributed by atoms with E-state index in [0.717, 1.165) is 23.3 Å². The Kier molecular flexibility index (Phi) is 1.61. The number of ketones is 1. The van der Waals surface area contributed by atoms with Gasteiger partial charge in [0.15, 0.2) is 6.61 Å². The molecule has 0 radical (unpaired) electrons. The molecule has 62 valence electrons. The Hall–Kier alpha value is -1.31. The van der Waals surface area contributed by atoms with Crippen LogP contribution in [-0.4, -0.2) is 12.4 Å². The largest absolute Gasteiger partial charge is 0.485 e. The molecule has 0 saturated heterocycles. The lowest BCUT2D eigenvalue weighted by molar-refractivity contribution is 0.0960. The maximum Gasteiger partial charge on any atom is 0.204 e. The first-order valence-electron chi connectivity index (χ1n) is 4.11.